The van der Waals surface area contributed by atoms with Crippen LogP contribution in [0.4, 0.5) is 0 Å². The Morgan fingerprint density at radius 3 is 2.33 bits per heavy atom. The minimum atomic E-state index is -0.567. The van der Waals surface area contributed by atoms with Crippen LogP contribution in [-0.2, 0) is 29.2 Å². The Labute approximate surface area is 220 Å². The molecule has 2 heterocycles. The Hall–Kier alpha value is -2.71. The van der Waals surface area contributed by atoms with Gasteiger partial charge in [-0.05, 0) is 27.8 Å². The van der Waals surface area contributed by atoms with Gasteiger partial charge in [0.05, 0.1) is 31.7 Å². The second kappa shape index (κ2) is 11.1. The maximum Gasteiger partial charge on any atom is 0.184 e. The number of nitrogens with two attached hydrogens (primary N) is 1. The lowest BCUT2D eigenvalue weighted by Crippen LogP contribution is -2.32. The van der Waals surface area contributed by atoms with Gasteiger partial charge >= 0.3 is 0 Å². The standard InChI is InChI=1S/C28H27Cl2N3O3/c29-26-27(30)33(17-32-26)15-23-13-25(20-7-5-18(16-34)6-8-20)36-28(35-23)21-11-9-19(10-12-21)24-4-2-1-3-22(24)14-31/h1-12,17,23,25,28,34H,13-16,31H2/t23-,25+,28+/m0/s1. The molecule has 6 nitrogen and oxygen atoms in total. The summed E-state index contributed by atoms with van der Waals surface area (Å²) in [5.74, 6) is 0. The molecule has 1 fully saturated rings. The molecule has 1 aliphatic heterocycles. The van der Waals surface area contributed by atoms with E-state index in [1.54, 1.807) is 10.9 Å². The first-order chi connectivity index (χ1) is 17.6. The Kier molecular flexibility index (Phi) is 7.72. The van der Waals surface area contributed by atoms with E-state index in [9.17, 15) is 5.11 Å². The smallest absolute Gasteiger partial charge is 0.184 e. The maximum absolute atomic E-state index is 9.41. The molecule has 36 heavy (non-hydrogen) atoms. The average molecular weight is 524 g/mol. The number of rotatable bonds is 7. The lowest BCUT2D eigenvalue weighted by Gasteiger charge is -2.36. The van der Waals surface area contributed by atoms with Crippen molar-refractivity contribution in [2.24, 2.45) is 5.73 Å². The third kappa shape index (κ3) is 5.34. The van der Waals surface area contributed by atoms with Gasteiger partial charge in [-0.2, -0.15) is 0 Å². The molecule has 0 radical (unpaired) electrons. The fourth-order valence-corrected chi connectivity index (χ4v) is 4.84. The van der Waals surface area contributed by atoms with E-state index in [1.165, 1.54) is 0 Å². The van der Waals surface area contributed by atoms with Crippen molar-refractivity contribution >= 4 is 23.2 Å². The number of imidazole rings is 1. The molecule has 0 spiro atoms. The molecule has 1 aliphatic rings. The Morgan fingerprint density at radius 2 is 1.67 bits per heavy atom. The van der Waals surface area contributed by atoms with Crippen LogP contribution in [0.25, 0.3) is 11.1 Å². The van der Waals surface area contributed by atoms with Crippen LogP contribution in [0.15, 0.2) is 79.1 Å². The third-order valence-electron chi connectivity index (χ3n) is 6.48. The van der Waals surface area contributed by atoms with Crippen molar-refractivity contribution in [1.29, 1.82) is 0 Å². The highest BCUT2D eigenvalue weighted by Crippen LogP contribution is 2.39. The quantitative estimate of drug-likeness (QED) is 0.308. The number of ether oxygens (including phenoxy) is 2. The van der Waals surface area contributed by atoms with E-state index in [0.717, 1.165) is 33.4 Å². The van der Waals surface area contributed by atoms with Gasteiger partial charge < -0.3 is 24.9 Å². The second-order valence-electron chi connectivity index (χ2n) is 8.81. The lowest BCUT2D eigenvalue weighted by molar-refractivity contribution is -0.252. The van der Waals surface area contributed by atoms with E-state index in [2.05, 4.69) is 23.2 Å². The predicted molar refractivity (Wildman–Crippen MR) is 140 cm³/mol. The van der Waals surface area contributed by atoms with Crippen LogP contribution in [0.2, 0.25) is 10.3 Å². The summed E-state index contributed by atoms with van der Waals surface area (Å²) in [5, 5.41) is 10.1. The fourth-order valence-electron chi connectivity index (χ4n) is 4.52. The van der Waals surface area contributed by atoms with Gasteiger partial charge in [0.15, 0.2) is 11.4 Å². The van der Waals surface area contributed by atoms with Gasteiger partial charge in [0.25, 0.3) is 0 Å². The van der Waals surface area contributed by atoms with Crippen molar-refractivity contribution < 1.29 is 14.6 Å². The zero-order valence-electron chi connectivity index (χ0n) is 19.6. The summed E-state index contributed by atoms with van der Waals surface area (Å²) in [6, 6.07) is 24.1. The zero-order chi connectivity index (χ0) is 25.1. The van der Waals surface area contributed by atoms with Crippen LogP contribution < -0.4 is 5.73 Å². The van der Waals surface area contributed by atoms with E-state index >= 15 is 0 Å². The van der Waals surface area contributed by atoms with Crippen molar-refractivity contribution in [2.75, 3.05) is 0 Å². The molecule has 0 aliphatic carbocycles. The summed E-state index contributed by atoms with van der Waals surface area (Å²) in [5.41, 5.74) is 12.0. The molecule has 1 aromatic heterocycles. The summed E-state index contributed by atoms with van der Waals surface area (Å²) >= 11 is 12.4. The molecule has 0 bridgehead atoms. The maximum atomic E-state index is 9.41. The lowest BCUT2D eigenvalue weighted by atomic mass is 9.97. The molecule has 0 amide bonds. The number of hydrogen-bond acceptors (Lipinski definition) is 5. The second-order valence-corrected chi connectivity index (χ2v) is 9.53. The minimum Gasteiger partial charge on any atom is -0.392 e. The van der Waals surface area contributed by atoms with E-state index < -0.39 is 6.29 Å². The van der Waals surface area contributed by atoms with Gasteiger partial charge in [-0.3, -0.25) is 0 Å². The first-order valence-corrected chi connectivity index (χ1v) is 12.6. The Morgan fingerprint density at radius 1 is 0.944 bits per heavy atom. The number of aliphatic hydroxyl groups is 1. The number of halogens is 2. The van der Waals surface area contributed by atoms with Crippen LogP contribution in [0.1, 0.15) is 41.1 Å². The molecule has 8 heteroatoms. The fraction of sp³-hybridized carbons (Fsp3) is 0.250. The number of hydrogen-bond donors (Lipinski definition) is 2. The van der Waals surface area contributed by atoms with Crippen LogP contribution in [0.3, 0.4) is 0 Å². The van der Waals surface area contributed by atoms with E-state index in [4.69, 9.17) is 38.4 Å². The molecule has 3 aromatic carbocycles. The predicted octanol–water partition coefficient (Wildman–Crippen LogP) is 6.05. The molecule has 186 valence electrons. The minimum absolute atomic E-state index is 0.000311. The van der Waals surface area contributed by atoms with Gasteiger partial charge in [0, 0.05) is 18.5 Å². The van der Waals surface area contributed by atoms with Crippen LogP contribution in [0.5, 0.6) is 0 Å². The Bertz CT molecular complexity index is 1310. The number of benzene rings is 3. The van der Waals surface area contributed by atoms with Crippen LogP contribution in [-0.4, -0.2) is 20.8 Å². The zero-order valence-corrected chi connectivity index (χ0v) is 21.1. The molecule has 3 atom stereocenters. The normalized spacial score (nSPS) is 19.9. The highest BCUT2D eigenvalue weighted by molar-refractivity contribution is 6.40. The van der Waals surface area contributed by atoms with Crippen molar-refractivity contribution in [3.8, 4) is 11.1 Å². The third-order valence-corrected chi connectivity index (χ3v) is 7.25. The van der Waals surface area contributed by atoms with Crippen molar-refractivity contribution in [3.05, 3.63) is 112 Å². The summed E-state index contributed by atoms with van der Waals surface area (Å²) in [6.45, 7) is 0.970. The number of aliphatic hydroxyl groups excluding tert-OH is 1. The summed E-state index contributed by atoms with van der Waals surface area (Å²) < 4.78 is 14.6. The topological polar surface area (TPSA) is 82.5 Å². The highest BCUT2D eigenvalue weighted by atomic mass is 35.5. The van der Waals surface area contributed by atoms with Gasteiger partial charge in [0.2, 0.25) is 0 Å². The van der Waals surface area contributed by atoms with Crippen molar-refractivity contribution in [3.63, 3.8) is 0 Å². The average Bonchev–Trinajstić information content (AvgIpc) is 3.25. The molecule has 0 saturated carbocycles. The van der Waals surface area contributed by atoms with Crippen molar-refractivity contribution in [1.82, 2.24) is 9.55 Å². The SMILES string of the molecule is NCc1ccccc1-c1ccc([C@@H]2O[C@H](Cn3cnc(Cl)c3Cl)C[C@H](c3ccc(CO)cc3)O2)cc1. The summed E-state index contributed by atoms with van der Waals surface area (Å²) in [6.07, 6.45) is 1.29. The van der Waals surface area contributed by atoms with E-state index in [-0.39, 0.29) is 24.0 Å². The monoisotopic (exact) mass is 523 g/mol. The molecular weight excluding hydrogens is 497 g/mol. The molecule has 3 N–H and O–H groups in total. The van der Waals surface area contributed by atoms with Gasteiger partial charge in [-0.15, -0.1) is 0 Å². The van der Waals surface area contributed by atoms with Gasteiger partial charge in [-0.1, -0.05) is 96.0 Å². The molecule has 0 unspecified atom stereocenters. The van der Waals surface area contributed by atoms with Crippen LogP contribution in [0, 0.1) is 0 Å². The number of nitrogens with zero attached hydrogens (tertiary/aromatic N) is 2. The van der Waals surface area contributed by atoms with Gasteiger partial charge in [0.1, 0.15) is 5.15 Å². The first-order valence-electron chi connectivity index (χ1n) is 11.8. The van der Waals surface area contributed by atoms with Crippen molar-refractivity contribution in [2.45, 2.75) is 44.6 Å². The first kappa shape index (κ1) is 25.0. The van der Waals surface area contributed by atoms with E-state index in [1.807, 2.05) is 54.6 Å². The highest BCUT2D eigenvalue weighted by Gasteiger charge is 2.33. The summed E-state index contributed by atoms with van der Waals surface area (Å²) in [4.78, 5) is 4.08. The largest absolute Gasteiger partial charge is 0.392 e. The molecule has 4 aromatic rings. The molecule has 1 saturated heterocycles. The Balaban J connectivity index is 1.42. The number of aromatic nitrogens is 2. The van der Waals surface area contributed by atoms with E-state index in [0.29, 0.717) is 24.7 Å². The molecular formula is C28H27Cl2N3O3. The van der Waals surface area contributed by atoms with Crippen LogP contribution >= 0.6 is 23.2 Å². The summed E-state index contributed by atoms with van der Waals surface area (Å²) in [7, 11) is 0. The molecule has 5 rings (SSSR count). The van der Waals surface area contributed by atoms with Gasteiger partial charge in [-0.25, -0.2) is 4.98 Å².